The topological polar surface area (TPSA) is 39.1 Å². The Morgan fingerprint density at radius 3 is 2.65 bits per heavy atom. The van der Waals surface area contributed by atoms with Crippen molar-refractivity contribution in [1.82, 2.24) is 15.1 Å². The number of aromatic nitrogens is 2. The molecule has 0 amide bonds. The average molecular weight is 273 g/mol. The maximum absolute atomic E-state index is 5.18. The zero-order chi connectivity index (χ0) is 14.4. The zero-order valence-electron chi connectivity index (χ0n) is 12.5. The van der Waals surface area contributed by atoms with E-state index in [0.717, 1.165) is 24.5 Å². The van der Waals surface area contributed by atoms with Gasteiger partial charge in [-0.15, -0.1) is 0 Å². The van der Waals surface area contributed by atoms with Crippen LogP contribution in [0, 0.1) is 6.92 Å². The van der Waals surface area contributed by atoms with Crippen molar-refractivity contribution >= 4 is 0 Å². The summed E-state index contributed by atoms with van der Waals surface area (Å²) < 4.78 is 7.15. The Bertz CT molecular complexity index is 531. The Morgan fingerprint density at radius 1 is 1.25 bits per heavy atom. The zero-order valence-corrected chi connectivity index (χ0v) is 12.5. The Hall–Kier alpha value is -1.81. The van der Waals surface area contributed by atoms with Crippen LogP contribution in [0.15, 0.2) is 30.5 Å². The molecule has 0 bridgehead atoms. The number of rotatable bonds is 7. The molecule has 4 heteroatoms. The maximum atomic E-state index is 5.18. The summed E-state index contributed by atoms with van der Waals surface area (Å²) in [5.74, 6) is 0.861. The molecule has 2 rings (SSSR count). The van der Waals surface area contributed by atoms with Crippen molar-refractivity contribution in [2.24, 2.45) is 0 Å². The van der Waals surface area contributed by atoms with Gasteiger partial charge in [-0.05, 0) is 44.2 Å². The predicted molar refractivity (Wildman–Crippen MR) is 81.5 cm³/mol. The van der Waals surface area contributed by atoms with Crippen LogP contribution in [-0.4, -0.2) is 23.4 Å². The highest BCUT2D eigenvalue weighted by Gasteiger charge is 2.07. The minimum Gasteiger partial charge on any atom is -0.497 e. The molecule has 4 nitrogen and oxygen atoms in total. The van der Waals surface area contributed by atoms with Crippen LogP contribution in [-0.2, 0) is 6.54 Å². The molecule has 1 N–H and O–H groups in total. The minimum atomic E-state index is 0.861. The van der Waals surface area contributed by atoms with Gasteiger partial charge in [-0.1, -0.05) is 13.3 Å². The normalized spacial score (nSPS) is 10.8. The van der Waals surface area contributed by atoms with E-state index in [4.69, 9.17) is 4.74 Å². The Morgan fingerprint density at radius 2 is 2.00 bits per heavy atom. The summed E-state index contributed by atoms with van der Waals surface area (Å²) >= 11 is 0. The van der Waals surface area contributed by atoms with Gasteiger partial charge in [0.1, 0.15) is 5.75 Å². The fourth-order valence-corrected chi connectivity index (χ4v) is 2.13. The van der Waals surface area contributed by atoms with E-state index in [1.807, 2.05) is 35.1 Å². The second-order valence-corrected chi connectivity index (χ2v) is 4.90. The summed E-state index contributed by atoms with van der Waals surface area (Å²) in [7, 11) is 1.67. The molecule has 0 saturated carbocycles. The highest BCUT2D eigenvalue weighted by atomic mass is 16.5. The number of hydrogen-bond acceptors (Lipinski definition) is 3. The largest absolute Gasteiger partial charge is 0.497 e. The summed E-state index contributed by atoms with van der Waals surface area (Å²) in [6.45, 7) is 6.24. The van der Waals surface area contributed by atoms with E-state index in [2.05, 4.69) is 24.3 Å². The number of hydrogen-bond donors (Lipinski definition) is 1. The lowest BCUT2D eigenvalue weighted by molar-refractivity contribution is 0.414. The van der Waals surface area contributed by atoms with E-state index in [-0.39, 0.29) is 0 Å². The van der Waals surface area contributed by atoms with Crippen molar-refractivity contribution in [3.05, 3.63) is 41.7 Å². The first kappa shape index (κ1) is 14.6. The van der Waals surface area contributed by atoms with Crippen molar-refractivity contribution in [1.29, 1.82) is 0 Å². The van der Waals surface area contributed by atoms with Crippen molar-refractivity contribution in [2.45, 2.75) is 33.2 Å². The van der Waals surface area contributed by atoms with E-state index in [9.17, 15) is 0 Å². The molecule has 0 aliphatic heterocycles. The number of benzene rings is 1. The molecule has 1 aromatic heterocycles. The fraction of sp³-hybridized carbons (Fsp3) is 0.438. The molecule has 0 saturated heterocycles. The van der Waals surface area contributed by atoms with Gasteiger partial charge in [-0.2, -0.15) is 5.10 Å². The van der Waals surface area contributed by atoms with Crippen LogP contribution in [0.1, 0.15) is 31.0 Å². The molecule has 0 spiro atoms. The molecule has 1 heterocycles. The van der Waals surface area contributed by atoms with Gasteiger partial charge < -0.3 is 10.1 Å². The first-order chi connectivity index (χ1) is 9.76. The van der Waals surface area contributed by atoms with E-state index >= 15 is 0 Å². The van der Waals surface area contributed by atoms with Gasteiger partial charge in [0.15, 0.2) is 0 Å². The summed E-state index contributed by atoms with van der Waals surface area (Å²) in [5.41, 5.74) is 3.49. The number of unbranched alkanes of at least 4 members (excludes halogenated alkanes) is 1. The van der Waals surface area contributed by atoms with Crippen molar-refractivity contribution < 1.29 is 4.74 Å². The molecule has 2 aromatic rings. The Kier molecular flexibility index (Phi) is 5.18. The molecule has 0 aliphatic rings. The lowest BCUT2D eigenvalue weighted by atomic mass is 10.2. The van der Waals surface area contributed by atoms with Gasteiger partial charge in [-0.3, -0.25) is 0 Å². The predicted octanol–water partition coefficient (Wildman–Crippen LogP) is 3.08. The molecule has 0 aliphatic carbocycles. The van der Waals surface area contributed by atoms with Crippen LogP contribution in [0.2, 0.25) is 0 Å². The molecule has 1 aromatic carbocycles. The monoisotopic (exact) mass is 273 g/mol. The van der Waals surface area contributed by atoms with Crippen LogP contribution in [0.25, 0.3) is 5.69 Å². The maximum Gasteiger partial charge on any atom is 0.119 e. The van der Waals surface area contributed by atoms with Crippen LogP contribution in [0.4, 0.5) is 0 Å². The van der Waals surface area contributed by atoms with Crippen molar-refractivity contribution in [3.63, 3.8) is 0 Å². The van der Waals surface area contributed by atoms with Crippen molar-refractivity contribution in [3.8, 4) is 11.4 Å². The van der Waals surface area contributed by atoms with E-state index in [1.165, 1.54) is 24.1 Å². The van der Waals surface area contributed by atoms with Gasteiger partial charge in [0.2, 0.25) is 0 Å². The quantitative estimate of drug-likeness (QED) is 0.788. The smallest absolute Gasteiger partial charge is 0.119 e. The third-order valence-electron chi connectivity index (χ3n) is 3.45. The van der Waals surface area contributed by atoms with E-state index in [0.29, 0.717) is 0 Å². The van der Waals surface area contributed by atoms with Gasteiger partial charge in [0.05, 0.1) is 19.0 Å². The van der Waals surface area contributed by atoms with Gasteiger partial charge in [0.25, 0.3) is 0 Å². The van der Waals surface area contributed by atoms with Crippen molar-refractivity contribution in [2.75, 3.05) is 13.7 Å². The molecule has 0 fully saturated rings. The van der Waals surface area contributed by atoms with Crippen LogP contribution in [0.5, 0.6) is 5.75 Å². The summed E-state index contributed by atoms with van der Waals surface area (Å²) in [4.78, 5) is 0. The molecule has 0 unspecified atom stereocenters. The second-order valence-electron chi connectivity index (χ2n) is 4.90. The van der Waals surface area contributed by atoms with Gasteiger partial charge in [-0.25, -0.2) is 4.68 Å². The molecule has 0 radical (unpaired) electrons. The molecular formula is C16H23N3O. The summed E-state index contributed by atoms with van der Waals surface area (Å²) in [5, 5.41) is 7.93. The number of nitrogens with one attached hydrogen (secondary N) is 1. The molecule has 0 atom stereocenters. The van der Waals surface area contributed by atoms with Gasteiger partial charge >= 0.3 is 0 Å². The highest BCUT2D eigenvalue weighted by Crippen LogP contribution is 2.17. The number of ether oxygens (including phenoxy) is 1. The molecule has 108 valence electrons. The first-order valence-electron chi connectivity index (χ1n) is 7.15. The number of methoxy groups -OCH3 is 1. The lowest BCUT2D eigenvalue weighted by Crippen LogP contribution is -2.14. The Labute approximate surface area is 120 Å². The summed E-state index contributed by atoms with van der Waals surface area (Å²) in [6, 6.07) is 7.95. The third-order valence-corrected chi connectivity index (χ3v) is 3.45. The lowest BCUT2D eigenvalue weighted by Gasteiger charge is -2.07. The fourth-order valence-electron chi connectivity index (χ4n) is 2.13. The minimum absolute atomic E-state index is 0.861. The van der Waals surface area contributed by atoms with Crippen LogP contribution < -0.4 is 10.1 Å². The van der Waals surface area contributed by atoms with Crippen LogP contribution >= 0.6 is 0 Å². The number of nitrogens with zero attached hydrogens (tertiary/aromatic N) is 2. The molecule has 20 heavy (non-hydrogen) atoms. The second kappa shape index (κ2) is 7.10. The first-order valence-corrected chi connectivity index (χ1v) is 7.15. The average Bonchev–Trinajstić information content (AvgIpc) is 2.85. The summed E-state index contributed by atoms with van der Waals surface area (Å²) in [6.07, 6.45) is 4.38. The third kappa shape index (κ3) is 3.39. The van der Waals surface area contributed by atoms with E-state index in [1.54, 1.807) is 7.11 Å². The Balaban J connectivity index is 2.07. The van der Waals surface area contributed by atoms with Crippen LogP contribution in [0.3, 0.4) is 0 Å². The van der Waals surface area contributed by atoms with Gasteiger partial charge in [0, 0.05) is 17.8 Å². The van der Waals surface area contributed by atoms with E-state index < -0.39 is 0 Å². The standard InChI is InChI=1S/C16H23N3O/c1-4-5-10-17-11-14-12-18-19(13(14)2)15-6-8-16(20-3)9-7-15/h6-9,12,17H,4-5,10-11H2,1-3H3. The molecular weight excluding hydrogens is 250 g/mol. The highest BCUT2D eigenvalue weighted by molar-refractivity contribution is 5.39. The SMILES string of the molecule is CCCCNCc1cnn(-c2ccc(OC)cc2)c1C.